The van der Waals surface area contributed by atoms with Gasteiger partial charge in [0.2, 0.25) is 0 Å². The largest absolute Gasteiger partial charge is 0.465 e. The zero-order valence-electron chi connectivity index (χ0n) is 28.2. The molecule has 0 fully saturated rings. The second-order valence-electron chi connectivity index (χ2n) is 12.5. The highest BCUT2D eigenvalue weighted by Gasteiger charge is 2.32. The fraction of sp³-hybridized carbons (Fsp3) is 0.0217. The van der Waals surface area contributed by atoms with Crippen molar-refractivity contribution in [3.63, 3.8) is 0 Å². The Kier molecular flexibility index (Phi) is 7.75. The number of methoxy groups -OCH3 is 1. The number of carbonyl (C=O) groups excluding carboxylic acids is 1. The smallest absolute Gasteiger partial charge is 0.342 e. The first-order valence-corrected chi connectivity index (χ1v) is 17.1. The molecule has 4 aromatic carbocycles. The number of nitrogens with zero attached hydrogens (tertiary/aromatic N) is 4. The van der Waals surface area contributed by atoms with Crippen LogP contribution < -0.4 is 0 Å². The average molecular weight is 671 g/mol. The van der Waals surface area contributed by atoms with E-state index in [0.717, 1.165) is 67.4 Å². The van der Waals surface area contributed by atoms with Gasteiger partial charge in [-0.25, -0.2) is 24.8 Å². The molecule has 0 aliphatic carbocycles. The molecule has 0 saturated carbocycles. The van der Waals surface area contributed by atoms with Gasteiger partial charge in [-0.1, -0.05) is 121 Å². The molecular weight excluding hydrogens is 641 g/mol. The summed E-state index contributed by atoms with van der Waals surface area (Å²) >= 11 is 0. The Labute approximate surface area is 301 Å². The van der Waals surface area contributed by atoms with E-state index in [2.05, 4.69) is 42.5 Å². The van der Waals surface area contributed by atoms with Gasteiger partial charge in [-0.3, -0.25) is 0 Å². The van der Waals surface area contributed by atoms with Gasteiger partial charge < -0.3 is 4.74 Å². The minimum absolute atomic E-state index is 0.274. The Morgan fingerprint density at radius 3 is 1.33 bits per heavy atom. The summed E-state index contributed by atoms with van der Waals surface area (Å²) in [6.07, 6.45) is 13.9. The third-order valence-electron chi connectivity index (χ3n) is 9.38. The van der Waals surface area contributed by atoms with E-state index in [4.69, 9.17) is 24.7 Å². The van der Waals surface area contributed by atoms with Gasteiger partial charge in [0.15, 0.2) is 0 Å². The first-order valence-electron chi connectivity index (χ1n) is 17.1. The van der Waals surface area contributed by atoms with Crippen LogP contribution >= 0.6 is 0 Å². The van der Waals surface area contributed by atoms with Crippen molar-refractivity contribution in [3.05, 3.63) is 214 Å². The monoisotopic (exact) mass is 670 g/mol. The number of esters is 1. The molecule has 6 heteroatoms. The molecule has 5 aliphatic heterocycles. The van der Waals surface area contributed by atoms with Crippen LogP contribution in [-0.4, -0.2) is 35.9 Å². The quantitative estimate of drug-likeness (QED) is 0.199. The third-order valence-corrected chi connectivity index (χ3v) is 9.38. The van der Waals surface area contributed by atoms with Crippen molar-refractivity contribution in [1.29, 1.82) is 0 Å². The molecule has 6 nitrogen and oxygen atoms in total. The number of fused-ring (bicyclic) bond motifs is 4. The van der Waals surface area contributed by atoms with E-state index in [1.165, 1.54) is 7.11 Å². The summed E-state index contributed by atoms with van der Waals surface area (Å²) in [5.74, 6) is -0.526. The predicted molar refractivity (Wildman–Crippen MR) is 211 cm³/mol. The second kappa shape index (κ2) is 13.0. The molecular formula is C46H30N4O2. The number of hydrogen-bond donors (Lipinski definition) is 0. The molecule has 0 N–H and O–H groups in total. The molecule has 5 heterocycles. The van der Waals surface area contributed by atoms with Crippen LogP contribution in [0.5, 0.6) is 0 Å². The molecule has 0 atom stereocenters. The van der Waals surface area contributed by atoms with Gasteiger partial charge in [-0.15, -0.1) is 0 Å². The summed E-state index contributed by atoms with van der Waals surface area (Å²) in [4.78, 5) is 34.7. The fourth-order valence-electron chi connectivity index (χ4n) is 7.01. The summed E-state index contributed by atoms with van der Waals surface area (Å²) < 4.78 is 5.40. The number of rotatable bonds is 5. The topological polar surface area (TPSA) is 75.7 Å². The van der Waals surface area contributed by atoms with Gasteiger partial charge in [0, 0.05) is 22.3 Å². The van der Waals surface area contributed by atoms with E-state index in [1.54, 1.807) is 0 Å². The first-order chi connectivity index (χ1) is 25.7. The summed E-state index contributed by atoms with van der Waals surface area (Å²) in [7, 11) is 1.38. The Bertz CT molecular complexity index is 2550. The van der Waals surface area contributed by atoms with Crippen LogP contribution in [0.15, 0.2) is 212 Å². The van der Waals surface area contributed by atoms with Gasteiger partial charge in [0.1, 0.15) is 5.57 Å². The molecule has 8 bridgehead atoms. The van der Waals surface area contributed by atoms with Crippen molar-refractivity contribution < 1.29 is 9.53 Å². The molecule has 246 valence electrons. The van der Waals surface area contributed by atoms with Gasteiger partial charge >= 0.3 is 5.97 Å². The van der Waals surface area contributed by atoms with E-state index in [-0.39, 0.29) is 5.57 Å². The lowest BCUT2D eigenvalue weighted by Crippen LogP contribution is -2.14. The van der Waals surface area contributed by atoms with Crippen molar-refractivity contribution in [2.24, 2.45) is 20.0 Å². The van der Waals surface area contributed by atoms with Crippen LogP contribution in [-0.2, 0) is 9.53 Å². The lowest BCUT2D eigenvalue weighted by atomic mass is 9.91. The second-order valence-corrected chi connectivity index (χ2v) is 12.5. The highest BCUT2D eigenvalue weighted by molar-refractivity contribution is 6.48. The maximum atomic E-state index is 13.8. The van der Waals surface area contributed by atoms with E-state index in [9.17, 15) is 4.79 Å². The number of aliphatic imine (C=N–C) groups is 4. The maximum absolute atomic E-state index is 13.8. The number of carbonyl (C=O) groups is 1. The SMILES string of the molecule is COC(=O)C1=C2C=C(c3ccccc3)C(=N2)C(c2ccccc2)=C2C=CC(=N2)C(c2ccccc2)=C2C=CC(=N2)C(c2ccccc2)=C2C=CC1=N2. The lowest BCUT2D eigenvalue weighted by Gasteiger charge is -2.14. The van der Waals surface area contributed by atoms with Crippen LogP contribution in [0.3, 0.4) is 0 Å². The average Bonchev–Trinajstić information content (AvgIpc) is 4.04. The summed E-state index contributed by atoms with van der Waals surface area (Å²) in [6.45, 7) is 0. The van der Waals surface area contributed by atoms with Gasteiger partial charge in [-0.05, 0) is 64.8 Å². The van der Waals surface area contributed by atoms with Gasteiger partial charge in [-0.2, -0.15) is 0 Å². The first kappa shape index (κ1) is 31.0. The molecule has 0 spiro atoms. The standard InChI is InChI=1S/C46H30N4O2/c1-52-46(51)44-39-27-25-37(49-39)42(31-18-10-4-11-19-31)35-23-22-34(47-35)41(30-16-8-3-9-17-30)36-24-26-38(48-36)43(32-20-12-5-13-21-32)45-33(28-40(44)50-45)29-14-6-2-7-15-29/h2-28H,1H3. The van der Waals surface area contributed by atoms with Crippen LogP contribution in [0.25, 0.3) is 22.3 Å². The van der Waals surface area contributed by atoms with Crippen molar-refractivity contribution >= 4 is 51.1 Å². The molecule has 0 unspecified atom stereocenters. The molecule has 0 amide bonds. The summed E-state index contributed by atoms with van der Waals surface area (Å²) in [5.41, 5.74) is 13.0. The summed E-state index contributed by atoms with van der Waals surface area (Å²) in [5, 5.41) is 0. The number of allylic oxidation sites excluding steroid dienone is 11. The molecule has 9 rings (SSSR count). The van der Waals surface area contributed by atoms with Crippen molar-refractivity contribution in [2.75, 3.05) is 7.11 Å². The number of benzene rings is 4. The van der Waals surface area contributed by atoms with E-state index >= 15 is 0 Å². The minimum Gasteiger partial charge on any atom is -0.465 e. The van der Waals surface area contributed by atoms with Crippen molar-refractivity contribution in [1.82, 2.24) is 0 Å². The minimum atomic E-state index is -0.526. The Morgan fingerprint density at radius 2 is 0.846 bits per heavy atom. The molecule has 5 aliphatic rings. The molecule has 0 radical (unpaired) electrons. The highest BCUT2D eigenvalue weighted by Crippen LogP contribution is 2.40. The summed E-state index contributed by atoms with van der Waals surface area (Å²) in [6, 6.07) is 40.6. The van der Waals surface area contributed by atoms with Gasteiger partial charge in [0.25, 0.3) is 0 Å². The van der Waals surface area contributed by atoms with Crippen molar-refractivity contribution in [3.8, 4) is 0 Å². The zero-order valence-corrected chi connectivity index (χ0v) is 28.2. The Balaban J connectivity index is 1.41. The lowest BCUT2D eigenvalue weighted by molar-refractivity contribution is -0.135. The Hall–Kier alpha value is -7.05. The van der Waals surface area contributed by atoms with E-state index < -0.39 is 5.97 Å². The third kappa shape index (κ3) is 5.43. The van der Waals surface area contributed by atoms with Gasteiger partial charge in [0.05, 0.1) is 52.7 Å². The molecule has 4 aromatic rings. The molecule has 52 heavy (non-hydrogen) atoms. The van der Waals surface area contributed by atoms with E-state index in [0.29, 0.717) is 22.8 Å². The number of hydrogen-bond acceptors (Lipinski definition) is 6. The van der Waals surface area contributed by atoms with Crippen LogP contribution in [0.2, 0.25) is 0 Å². The van der Waals surface area contributed by atoms with Crippen molar-refractivity contribution in [2.45, 2.75) is 0 Å². The zero-order chi connectivity index (χ0) is 35.0. The van der Waals surface area contributed by atoms with Crippen LogP contribution in [0.1, 0.15) is 22.3 Å². The maximum Gasteiger partial charge on any atom is 0.342 e. The Morgan fingerprint density at radius 1 is 0.442 bits per heavy atom. The fourth-order valence-corrected chi connectivity index (χ4v) is 7.01. The highest BCUT2D eigenvalue weighted by atomic mass is 16.5. The predicted octanol–water partition coefficient (Wildman–Crippen LogP) is 9.23. The normalized spacial score (nSPS) is 17.4. The number of ether oxygens (including phenoxy) is 1. The molecule has 0 aromatic heterocycles. The molecule has 0 saturated heterocycles. The van der Waals surface area contributed by atoms with E-state index in [1.807, 2.05) is 121 Å². The van der Waals surface area contributed by atoms with Crippen LogP contribution in [0.4, 0.5) is 0 Å². The van der Waals surface area contributed by atoms with Crippen LogP contribution in [0, 0.1) is 0 Å².